The molecule has 1 aliphatic rings. The van der Waals surface area contributed by atoms with Crippen molar-refractivity contribution in [2.45, 2.75) is 12.7 Å². The Morgan fingerprint density at radius 3 is 2.35 bits per heavy atom. The molecule has 0 bridgehead atoms. The van der Waals surface area contributed by atoms with E-state index in [0.29, 0.717) is 44.0 Å². The van der Waals surface area contributed by atoms with Gasteiger partial charge in [0.25, 0.3) is 5.69 Å². The van der Waals surface area contributed by atoms with E-state index in [4.69, 9.17) is 0 Å². The molecule has 0 spiro atoms. The van der Waals surface area contributed by atoms with Crippen LogP contribution in [0.4, 0.5) is 24.5 Å². The first kappa shape index (κ1) is 18.2. The topological polar surface area (TPSA) is 49.6 Å². The maximum atomic E-state index is 12.8. The number of nitro benzene ring substituents is 1. The minimum Gasteiger partial charge on any atom is -0.363 e. The van der Waals surface area contributed by atoms with Gasteiger partial charge in [-0.3, -0.25) is 15.0 Å². The van der Waals surface area contributed by atoms with Gasteiger partial charge in [-0.2, -0.15) is 13.2 Å². The molecule has 0 N–H and O–H groups in total. The second-order valence-electron chi connectivity index (χ2n) is 6.21. The number of hydrogen-bond acceptors (Lipinski definition) is 4. The second-order valence-corrected chi connectivity index (χ2v) is 6.21. The first-order valence-corrected chi connectivity index (χ1v) is 8.21. The fourth-order valence-corrected chi connectivity index (χ4v) is 3.14. The molecule has 0 saturated carbocycles. The first-order valence-electron chi connectivity index (χ1n) is 8.21. The zero-order valence-electron chi connectivity index (χ0n) is 13.9. The van der Waals surface area contributed by atoms with Crippen molar-refractivity contribution in [3.8, 4) is 0 Å². The van der Waals surface area contributed by atoms with Crippen LogP contribution in [0.15, 0.2) is 48.5 Å². The Bertz CT molecular complexity index is 787. The largest absolute Gasteiger partial charge is 0.416 e. The number of para-hydroxylation sites is 2. The van der Waals surface area contributed by atoms with Crippen molar-refractivity contribution in [3.05, 3.63) is 69.8 Å². The van der Waals surface area contributed by atoms with E-state index in [1.165, 1.54) is 18.2 Å². The van der Waals surface area contributed by atoms with Crippen LogP contribution in [0.1, 0.15) is 11.1 Å². The van der Waals surface area contributed by atoms with Crippen molar-refractivity contribution in [1.82, 2.24) is 4.90 Å². The molecule has 0 unspecified atom stereocenters. The van der Waals surface area contributed by atoms with Gasteiger partial charge in [0.2, 0.25) is 0 Å². The van der Waals surface area contributed by atoms with E-state index in [-0.39, 0.29) is 5.69 Å². The van der Waals surface area contributed by atoms with E-state index in [2.05, 4.69) is 4.90 Å². The number of rotatable bonds is 4. The van der Waals surface area contributed by atoms with E-state index in [0.717, 1.165) is 6.07 Å². The zero-order chi connectivity index (χ0) is 18.7. The van der Waals surface area contributed by atoms with E-state index in [1.807, 2.05) is 4.90 Å². The Labute approximate surface area is 148 Å². The molecule has 138 valence electrons. The fourth-order valence-electron chi connectivity index (χ4n) is 3.14. The van der Waals surface area contributed by atoms with Gasteiger partial charge in [0.15, 0.2) is 0 Å². The molecule has 3 rings (SSSR count). The maximum absolute atomic E-state index is 12.8. The van der Waals surface area contributed by atoms with Crippen molar-refractivity contribution in [2.24, 2.45) is 0 Å². The molecule has 5 nitrogen and oxygen atoms in total. The van der Waals surface area contributed by atoms with E-state index in [1.54, 1.807) is 24.3 Å². The highest BCUT2D eigenvalue weighted by atomic mass is 19.4. The molecule has 2 aromatic carbocycles. The number of anilines is 1. The molecule has 0 radical (unpaired) electrons. The molecule has 0 aromatic heterocycles. The van der Waals surface area contributed by atoms with Crippen molar-refractivity contribution >= 4 is 11.4 Å². The van der Waals surface area contributed by atoms with Gasteiger partial charge in [-0.15, -0.1) is 0 Å². The van der Waals surface area contributed by atoms with Gasteiger partial charge in [-0.25, -0.2) is 0 Å². The third-order valence-electron chi connectivity index (χ3n) is 4.45. The lowest BCUT2D eigenvalue weighted by molar-refractivity contribution is -0.384. The van der Waals surface area contributed by atoms with Crippen LogP contribution >= 0.6 is 0 Å². The molecule has 0 amide bonds. The Morgan fingerprint density at radius 2 is 1.69 bits per heavy atom. The molecule has 1 heterocycles. The lowest BCUT2D eigenvalue weighted by Crippen LogP contribution is -2.46. The highest BCUT2D eigenvalue weighted by Crippen LogP contribution is 2.30. The van der Waals surface area contributed by atoms with Gasteiger partial charge in [0.1, 0.15) is 5.69 Å². The highest BCUT2D eigenvalue weighted by molar-refractivity contribution is 5.63. The van der Waals surface area contributed by atoms with Crippen molar-refractivity contribution in [2.75, 3.05) is 31.1 Å². The number of benzene rings is 2. The molecule has 26 heavy (non-hydrogen) atoms. The Morgan fingerprint density at radius 1 is 1.00 bits per heavy atom. The van der Waals surface area contributed by atoms with Gasteiger partial charge in [0, 0.05) is 38.8 Å². The summed E-state index contributed by atoms with van der Waals surface area (Å²) in [4.78, 5) is 14.8. The van der Waals surface area contributed by atoms with Crippen LogP contribution in [0, 0.1) is 10.1 Å². The summed E-state index contributed by atoms with van der Waals surface area (Å²) in [6, 6.07) is 11.9. The van der Waals surface area contributed by atoms with Gasteiger partial charge < -0.3 is 4.90 Å². The summed E-state index contributed by atoms with van der Waals surface area (Å²) in [6.45, 7) is 2.85. The highest BCUT2D eigenvalue weighted by Gasteiger charge is 2.30. The summed E-state index contributed by atoms with van der Waals surface area (Å²) in [5.41, 5.74) is 0.613. The molecule has 8 heteroatoms. The smallest absolute Gasteiger partial charge is 0.363 e. The van der Waals surface area contributed by atoms with Gasteiger partial charge in [0.05, 0.1) is 10.5 Å². The van der Waals surface area contributed by atoms with Crippen molar-refractivity contribution in [1.29, 1.82) is 0 Å². The lowest BCUT2D eigenvalue weighted by Gasteiger charge is -2.35. The average Bonchev–Trinajstić information content (AvgIpc) is 2.62. The lowest BCUT2D eigenvalue weighted by atomic mass is 10.1. The minimum atomic E-state index is -4.35. The van der Waals surface area contributed by atoms with Crippen LogP contribution in [0.3, 0.4) is 0 Å². The summed E-state index contributed by atoms with van der Waals surface area (Å²) < 4.78 is 38.4. The molecule has 1 fully saturated rings. The first-order chi connectivity index (χ1) is 12.3. The molecule has 0 aliphatic carbocycles. The summed E-state index contributed by atoms with van der Waals surface area (Å²) in [7, 11) is 0. The predicted octanol–water partition coefficient (Wildman–Crippen LogP) is 3.94. The Balaban J connectivity index is 1.64. The number of nitro groups is 1. The third kappa shape index (κ3) is 4.13. The standard InChI is InChI=1S/C18H18F3N3O2/c19-18(20,21)15-5-3-4-14(12-15)13-22-8-10-23(11-9-22)16-6-1-2-7-17(16)24(25)26/h1-7,12H,8-11,13H2. The third-order valence-corrected chi connectivity index (χ3v) is 4.45. The fraction of sp³-hybridized carbons (Fsp3) is 0.333. The Hall–Kier alpha value is -2.61. The van der Waals surface area contributed by atoms with E-state index < -0.39 is 16.7 Å². The van der Waals surface area contributed by atoms with E-state index >= 15 is 0 Å². The molecule has 1 aliphatic heterocycles. The Kier molecular flexibility index (Phi) is 5.13. The quantitative estimate of drug-likeness (QED) is 0.608. The summed E-state index contributed by atoms with van der Waals surface area (Å²) in [5.74, 6) is 0. The van der Waals surface area contributed by atoms with Crippen molar-refractivity contribution < 1.29 is 18.1 Å². The van der Waals surface area contributed by atoms with E-state index in [9.17, 15) is 23.3 Å². The maximum Gasteiger partial charge on any atom is 0.416 e. The van der Waals surface area contributed by atoms with Crippen LogP contribution in [0.2, 0.25) is 0 Å². The normalized spacial score (nSPS) is 15.9. The monoisotopic (exact) mass is 365 g/mol. The van der Waals surface area contributed by atoms with Crippen LogP contribution in [0.5, 0.6) is 0 Å². The molecule has 0 atom stereocenters. The van der Waals surface area contributed by atoms with Gasteiger partial charge in [-0.1, -0.05) is 30.3 Å². The SMILES string of the molecule is O=[N+]([O-])c1ccccc1N1CCN(Cc2cccc(C(F)(F)F)c2)CC1. The van der Waals surface area contributed by atoms with Crippen LogP contribution < -0.4 is 4.90 Å². The second kappa shape index (κ2) is 7.33. The predicted molar refractivity (Wildman–Crippen MR) is 92.0 cm³/mol. The van der Waals surface area contributed by atoms with Crippen LogP contribution in [0.25, 0.3) is 0 Å². The number of nitrogens with zero attached hydrogens (tertiary/aromatic N) is 3. The number of piperazine rings is 1. The van der Waals surface area contributed by atoms with Gasteiger partial charge >= 0.3 is 6.18 Å². The number of halogens is 3. The van der Waals surface area contributed by atoms with Crippen LogP contribution in [-0.4, -0.2) is 36.0 Å². The number of hydrogen-bond donors (Lipinski definition) is 0. The van der Waals surface area contributed by atoms with Crippen LogP contribution in [-0.2, 0) is 12.7 Å². The summed E-state index contributed by atoms with van der Waals surface area (Å²) in [5, 5.41) is 11.2. The molecular weight excluding hydrogens is 347 g/mol. The molecule has 1 saturated heterocycles. The zero-order valence-corrected chi connectivity index (χ0v) is 13.9. The average molecular weight is 365 g/mol. The minimum absolute atomic E-state index is 0.0684. The molecule has 2 aromatic rings. The van der Waals surface area contributed by atoms with Gasteiger partial charge in [-0.05, 0) is 17.7 Å². The van der Waals surface area contributed by atoms with Crippen molar-refractivity contribution in [3.63, 3.8) is 0 Å². The number of alkyl halides is 3. The summed E-state index contributed by atoms with van der Waals surface area (Å²) in [6.07, 6.45) is -4.35. The molecular formula is C18H18F3N3O2. The summed E-state index contributed by atoms with van der Waals surface area (Å²) >= 11 is 0.